The molecular formula is C17H27NO3Si. The third-order valence-electron chi connectivity index (χ3n) is 3.54. The Bertz CT molecular complexity index is 532. The van der Waals surface area contributed by atoms with Gasteiger partial charge in [-0.2, -0.15) is 0 Å². The summed E-state index contributed by atoms with van der Waals surface area (Å²) in [7, 11) is -0.0985. The Morgan fingerprint density at radius 2 is 1.82 bits per heavy atom. The first-order valence-electron chi connectivity index (χ1n) is 7.62. The quantitative estimate of drug-likeness (QED) is 0.765. The van der Waals surface area contributed by atoms with E-state index in [0.29, 0.717) is 0 Å². The Hall–Kier alpha value is -1.30. The van der Waals surface area contributed by atoms with Crippen molar-refractivity contribution >= 4 is 8.32 Å². The average molecular weight is 321 g/mol. The number of methoxy groups -OCH3 is 1. The van der Waals surface area contributed by atoms with E-state index in [9.17, 15) is 0 Å². The summed E-state index contributed by atoms with van der Waals surface area (Å²) in [5.41, 5.74) is 1.75. The number of benzene rings is 1. The fourth-order valence-electron chi connectivity index (χ4n) is 2.53. The molecule has 22 heavy (non-hydrogen) atoms. The molecule has 1 aromatic rings. The van der Waals surface area contributed by atoms with Crippen LogP contribution >= 0.6 is 0 Å². The lowest BCUT2D eigenvalue weighted by Crippen LogP contribution is -2.47. The van der Waals surface area contributed by atoms with Crippen molar-refractivity contribution in [3.05, 3.63) is 42.1 Å². The summed E-state index contributed by atoms with van der Waals surface area (Å²) in [4.78, 5) is 5.98. The number of nitrogens with zero attached hydrogens (tertiary/aromatic N) is 1. The molecule has 1 atom stereocenters. The Morgan fingerprint density at radius 1 is 1.23 bits per heavy atom. The highest BCUT2D eigenvalue weighted by Gasteiger charge is 2.39. The number of allylic oxidation sites excluding steroid dienone is 1. The highest BCUT2D eigenvalue weighted by Crippen LogP contribution is 2.41. The van der Waals surface area contributed by atoms with Crippen LogP contribution in [0.3, 0.4) is 0 Å². The van der Waals surface area contributed by atoms with E-state index in [1.807, 2.05) is 12.1 Å². The Kier molecular flexibility index (Phi) is 4.70. The zero-order chi connectivity index (χ0) is 16.5. The van der Waals surface area contributed by atoms with Gasteiger partial charge in [0.1, 0.15) is 5.75 Å². The normalized spacial score (nSPS) is 21.8. The van der Waals surface area contributed by atoms with E-state index in [-0.39, 0.29) is 11.5 Å². The molecule has 5 heteroatoms. The van der Waals surface area contributed by atoms with Crippen LogP contribution in [0.15, 0.2) is 36.5 Å². The molecule has 1 unspecified atom stereocenters. The van der Waals surface area contributed by atoms with Crippen LogP contribution in [-0.4, -0.2) is 26.3 Å². The molecule has 1 heterocycles. The zero-order valence-corrected chi connectivity index (χ0v) is 15.5. The van der Waals surface area contributed by atoms with E-state index >= 15 is 0 Å². The number of hydrogen-bond acceptors (Lipinski definition) is 4. The summed E-state index contributed by atoms with van der Waals surface area (Å²) in [5.74, 6) is 1.03. The fourth-order valence-corrected chi connectivity index (χ4v) is 3.18. The van der Waals surface area contributed by atoms with Crippen molar-refractivity contribution in [3.8, 4) is 5.75 Å². The van der Waals surface area contributed by atoms with Crippen LogP contribution in [0.4, 0.5) is 0 Å². The summed E-state index contributed by atoms with van der Waals surface area (Å²) < 4.78 is 11.3. The van der Waals surface area contributed by atoms with Gasteiger partial charge in [0, 0.05) is 5.92 Å². The van der Waals surface area contributed by atoms with Gasteiger partial charge in [-0.15, -0.1) is 5.23 Å². The molecule has 1 aromatic carbocycles. The third-order valence-corrected chi connectivity index (χ3v) is 4.25. The van der Waals surface area contributed by atoms with Gasteiger partial charge < -0.3 is 4.74 Å². The zero-order valence-electron chi connectivity index (χ0n) is 14.5. The van der Waals surface area contributed by atoms with Crippen molar-refractivity contribution in [2.75, 3.05) is 7.11 Å². The van der Waals surface area contributed by atoms with E-state index in [4.69, 9.17) is 14.1 Å². The smallest absolute Gasteiger partial charge is 0.223 e. The topological polar surface area (TPSA) is 30.9 Å². The summed E-state index contributed by atoms with van der Waals surface area (Å²) in [6.07, 6.45) is 0.865. The summed E-state index contributed by atoms with van der Waals surface area (Å²) in [6.45, 7) is 14.8. The molecule has 4 nitrogen and oxygen atoms in total. The first-order chi connectivity index (χ1) is 10.1. The molecule has 0 amide bonds. The Balaban J connectivity index is 2.26. The highest BCUT2D eigenvalue weighted by atomic mass is 28.4. The fraction of sp³-hybridized carbons (Fsp3) is 0.529. The summed E-state index contributed by atoms with van der Waals surface area (Å²) in [5, 5.41) is 1.56. The second-order valence-corrected chi connectivity index (χ2v) is 11.7. The second-order valence-electron chi connectivity index (χ2n) is 7.33. The van der Waals surface area contributed by atoms with Crippen LogP contribution in [0.25, 0.3) is 0 Å². The minimum absolute atomic E-state index is 0.172. The lowest BCUT2D eigenvalue weighted by atomic mass is 9.85. The molecule has 122 valence electrons. The van der Waals surface area contributed by atoms with Gasteiger partial charge in [-0.1, -0.05) is 18.7 Å². The first-order valence-corrected chi connectivity index (χ1v) is 11.0. The van der Waals surface area contributed by atoms with Crippen molar-refractivity contribution in [1.82, 2.24) is 5.23 Å². The lowest BCUT2D eigenvalue weighted by Gasteiger charge is -2.45. The number of ether oxygens (including phenoxy) is 1. The molecule has 0 aromatic heterocycles. The maximum absolute atomic E-state index is 6.05. The molecule has 2 rings (SSSR count). The maximum atomic E-state index is 6.05. The van der Waals surface area contributed by atoms with Crippen LogP contribution in [0.1, 0.15) is 31.7 Å². The van der Waals surface area contributed by atoms with E-state index in [0.717, 1.165) is 17.9 Å². The second kappa shape index (κ2) is 6.06. The van der Waals surface area contributed by atoms with Gasteiger partial charge in [0.15, 0.2) is 0 Å². The minimum Gasteiger partial charge on any atom is -0.497 e. The molecule has 0 aliphatic carbocycles. The van der Waals surface area contributed by atoms with E-state index < -0.39 is 8.32 Å². The van der Waals surface area contributed by atoms with Crippen LogP contribution in [0.2, 0.25) is 19.6 Å². The molecule has 0 N–H and O–H groups in total. The van der Waals surface area contributed by atoms with Crippen LogP contribution < -0.4 is 4.74 Å². The molecule has 0 bridgehead atoms. The van der Waals surface area contributed by atoms with Gasteiger partial charge in [0.05, 0.1) is 18.4 Å². The lowest BCUT2D eigenvalue weighted by molar-refractivity contribution is -0.363. The summed E-state index contributed by atoms with van der Waals surface area (Å²) in [6, 6.07) is 8.13. The van der Waals surface area contributed by atoms with Gasteiger partial charge in [-0.25, -0.2) is 4.84 Å². The predicted octanol–water partition coefficient (Wildman–Crippen LogP) is 4.47. The Morgan fingerprint density at radius 3 is 2.32 bits per heavy atom. The van der Waals surface area contributed by atoms with Crippen LogP contribution in [0, 0.1) is 0 Å². The van der Waals surface area contributed by atoms with Crippen LogP contribution in [0.5, 0.6) is 5.75 Å². The maximum Gasteiger partial charge on any atom is 0.223 e. The molecule has 0 saturated carbocycles. The Labute approximate surface area is 134 Å². The average Bonchev–Trinajstić information content (AvgIpc) is 2.41. The van der Waals surface area contributed by atoms with Crippen molar-refractivity contribution in [1.29, 1.82) is 0 Å². The third kappa shape index (κ3) is 4.12. The molecule has 1 aliphatic heterocycles. The monoisotopic (exact) mass is 321 g/mol. The van der Waals surface area contributed by atoms with Crippen molar-refractivity contribution in [2.24, 2.45) is 0 Å². The van der Waals surface area contributed by atoms with Crippen molar-refractivity contribution < 1.29 is 14.1 Å². The van der Waals surface area contributed by atoms with Gasteiger partial charge in [-0.05, 0) is 57.6 Å². The first kappa shape index (κ1) is 17.1. The highest BCUT2D eigenvalue weighted by molar-refractivity contribution is 6.69. The van der Waals surface area contributed by atoms with Crippen molar-refractivity contribution in [3.63, 3.8) is 0 Å². The van der Waals surface area contributed by atoms with E-state index in [1.54, 1.807) is 12.3 Å². The summed E-state index contributed by atoms with van der Waals surface area (Å²) >= 11 is 0. The van der Waals surface area contributed by atoms with Crippen molar-refractivity contribution in [2.45, 2.75) is 51.4 Å². The van der Waals surface area contributed by atoms with Gasteiger partial charge >= 0.3 is 0 Å². The molecule has 0 spiro atoms. The van der Waals surface area contributed by atoms with Gasteiger partial charge in [0.2, 0.25) is 8.32 Å². The largest absolute Gasteiger partial charge is 0.497 e. The minimum atomic E-state index is -1.77. The molecule has 1 fully saturated rings. The van der Waals surface area contributed by atoms with Crippen LogP contribution in [-0.2, 0) is 9.36 Å². The molecule has 1 aliphatic rings. The van der Waals surface area contributed by atoms with E-state index in [1.165, 1.54) is 5.56 Å². The van der Waals surface area contributed by atoms with Gasteiger partial charge in [-0.3, -0.25) is 4.53 Å². The standard InChI is InChI=1S/C17H27NO3Si/c1-13-16(14-8-10-15(19-4)11-9-14)12-17(2,3)20-18(13)21-22(5,6)7/h8-11,16H,1,12H2,2-7H3. The van der Waals surface area contributed by atoms with Gasteiger partial charge in [0.25, 0.3) is 0 Å². The predicted molar refractivity (Wildman–Crippen MR) is 90.9 cm³/mol. The van der Waals surface area contributed by atoms with E-state index in [2.05, 4.69) is 52.2 Å². The number of hydrogen-bond donors (Lipinski definition) is 0. The molecular weight excluding hydrogens is 294 g/mol. The SMILES string of the molecule is C=C1C(c2ccc(OC)cc2)CC(C)(C)ON1O[Si](C)(C)C. The molecule has 0 radical (unpaired) electrons. The number of rotatable bonds is 4. The molecule has 1 saturated heterocycles. The number of hydroxylamine groups is 2.